The van der Waals surface area contributed by atoms with Gasteiger partial charge in [-0.15, -0.1) is 11.3 Å². The number of carbonyl (C=O) groups is 2. The van der Waals surface area contributed by atoms with Crippen molar-refractivity contribution in [3.05, 3.63) is 56.4 Å². The molecular formula is C24H26N4O4S. The molecule has 3 heterocycles. The number of fused-ring (bicyclic) bond motifs is 3. The molecular weight excluding hydrogens is 440 g/mol. The summed E-state index contributed by atoms with van der Waals surface area (Å²) in [5.74, 6) is 0.681. The number of nitrogens with zero attached hydrogens (tertiary/aromatic N) is 3. The van der Waals surface area contributed by atoms with Gasteiger partial charge < -0.3 is 14.6 Å². The van der Waals surface area contributed by atoms with Crippen molar-refractivity contribution in [2.75, 3.05) is 26.2 Å². The number of ether oxygens (including phenoxy) is 1. The molecule has 172 valence electrons. The highest BCUT2D eigenvalue weighted by molar-refractivity contribution is 7.18. The number of aromatic nitrogens is 2. The number of hydrogen-bond donors (Lipinski definition) is 1. The Kier molecular flexibility index (Phi) is 5.99. The topological polar surface area (TPSA) is 95.6 Å². The van der Waals surface area contributed by atoms with Gasteiger partial charge in [-0.2, -0.15) is 0 Å². The second kappa shape index (κ2) is 9.07. The molecule has 1 saturated heterocycles. The maximum Gasteiger partial charge on any atom is 0.308 e. The van der Waals surface area contributed by atoms with Crippen molar-refractivity contribution in [1.82, 2.24) is 19.8 Å². The average Bonchev–Trinajstić information content (AvgIpc) is 3.18. The predicted molar refractivity (Wildman–Crippen MR) is 126 cm³/mol. The van der Waals surface area contributed by atoms with E-state index < -0.39 is 0 Å². The van der Waals surface area contributed by atoms with Crippen molar-refractivity contribution in [3.8, 4) is 5.75 Å². The van der Waals surface area contributed by atoms with E-state index >= 15 is 0 Å². The number of nitrogens with one attached hydrogen (secondary N) is 1. The standard InChI is InChI=1S/C24H26N4O4S/c1-15(29)32-17-8-6-16(7-9-17)24(31)28-12-10-27(11-13-28)14-20-25-22(30)21-18-4-2-3-5-19(18)33-23(21)26-20/h6-9H,2-5,10-14H2,1H3,(H,25,26,30). The van der Waals surface area contributed by atoms with Crippen molar-refractivity contribution < 1.29 is 14.3 Å². The predicted octanol–water partition coefficient (Wildman–Crippen LogP) is 2.75. The van der Waals surface area contributed by atoms with Gasteiger partial charge in [-0.25, -0.2) is 4.98 Å². The number of piperazine rings is 1. The van der Waals surface area contributed by atoms with Crippen molar-refractivity contribution in [2.24, 2.45) is 0 Å². The molecule has 8 nitrogen and oxygen atoms in total. The van der Waals surface area contributed by atoms with E-state index in [2.05, 4.69) is 9.88 Å². The molecule has 1 N–H and O–H groups in total. The summed E-state index contributed by atoms with van der Waals surface area (Å²) in [4.78, 5) is 50.6. The monoisotopic (exact) mass is 466 g/mol. The lowest BCUT2D eigenvalue weighted by molar-refractivity contribution is -0.131. The van der Waals surface area contributed by atoms with Crippen molar-refractivity contribution in [3.63, 3.8) is 0 Å². The maximum absolute atomic E-state index is 12.8. The van der Waals surface area contributed by atoms with E-state index in [1.165, 1.54) is 23.8 Å². The molecule has 0 radical (unpaired) electrons. The number of rotatable bonds is 4. The lowest BCUT2D eigenvalue weighted by Gasteiger charge is -2.34. The third-order valence-electron chi connectivity index (χ3n) is 6.27. The summed E-state index contributed by atoms with van der Waals surface area (Å²) < 4.78 is 5.02. The Morgan fingerprint density at radius 2 is 1.82 bits per heavy atom. The van der Waals surface area contributed by atoms with Crippen LogP contribution in [0.4, 0.5) is 0 Å². The molecule has 1 aliphatic heterocycles. The zero-order valence-corrected chi connectivity index (χ0v) is 19.4. The molecule has 0 spiro atoms. The molecule has 0 unspecified atom stereocenters. The quantitative estimate of drug-likeness (QED) is 0.469. The van der Waals surface area contributed by atoms with Crippen LogP contribution in [0.25, 0.3) is 10.2 Å². The fraction of sp³-hybridized carbons (Fsp3) is 0.417. The molecule has 1 amide bonds. The van der Waals surface area contributed by atoms with E-state index in [1.54, 1.807) is 35.6 Å². The summed E-state index contributed by atoms with van der Waals surface area (Å²) in [6.45, 7) is 4.52. The van der Waals surface area contributed by atoms with Gasteiger partial charge in [0.2, 0.25) is 0 Å². The first-order chi connectivity index (χ1) is 16.0. The molecule has 1 aromatic carbocycles. The molecule has 0 atom stereocenters. The zero-order chi connectivity index (χ0) is 22.9. The van der Waals surface area contributed by atoms with Crippen LogP contribution in [-0.4, -0.2) is 57.8 Å². The second-order valence-electron chi connectivity index (χ2n) is 8.59. The molecule has 0 bridgehead atoms. The maximum atomic E-state index is 12.8. The number of aromatic amines is 1. The molecule has 0 saturated carbocycles. The Bertz CT molecular complexity index is 1260. The van der Waals surface area contributed by atoms with E-state index in [4.69, 9.17) is 9.72 Å². The Hall–Kier alpha value is -3.04. The van der Waals surface area contributed by atoms with Gasteiger partial charge in [0.05, 0.1) is 11.9 Å². The van der Waals surface area contributed by atoms with Gasteiger partial charge in [0.1, 0.15) is 16.4 Å². The molecule has 1 aliphatic carbocycles. The summed E-state index contributed by atoms with van der Waals surface area (Å²) in [5, 5.41) is 0.786. The summed E-state index contributed by atoms with van der Waals surface area (Å²) in [6.07, 6.45) is 4.35. The zero-order valence-electron chi connectivity index (χ0n) is 18.6. The minimum absolute atomic E-state index is 0.0274. The van der Waals surface area contributed by atoms with Gasteiger partial charge in [-0.05, 0) is 55.5 Å². The minimum Gasteiger partial charge on any atom is -0.427 e. The number of aryl methyl sites for hydroxylation is 2. The number of amides is 1. The fourth-order valence-corrected chi connectivity index (χ4v) is 5.90. The van der Waals surface area contributed by atoms with E-state index in [0.29, 0.717) is 49.9 Å². The van der Waals surface area contributed by atoms with Crippen molar-refractivity contribution in [2.45, 2.75) is 39.2 Å². The van der Waals surface area contributed by atoms with Crippen LogP contribution in [0.3, 0.4) is 0 Å². The van der Waals surface area contributed by atoms with Gasteiger partial charge in [-0.1, -0.05) is 0 Å². The van der Waals surface area contributed by atoms with Crippen LogP contribution in [0.1, 0.15) is 46.4 Å². The molecule has 33 heavy (non-hydrogen) atoms. The largest absolute Gasteiger partial charge is 0.427 e. The normalized spacial score (nSPS) is 16.6. The van der Waals surface area contributed by atoms with E-state index in [-0.39, 0.29) is 17.4 Å². The summed E-state index contributed by atoms with van der Waals surface area (Å²) in [6, 6.07) is 6.62. The van der Waals surface area contributed by atoms with Crippen LogP contribution in [-0.2, 0) is 24.2 Å². The highest BCUT2D eigenvalue weighted by atomic mass is 32.1. The molecule has 9 heteroatoms. The van der Waals surface area contributed by atoms with E-state index in [0.717, 1.165) is 29.5 Å². The van der Waals surface area contributed by atoms with Gasteiger partial charge >= 0.3 is 5.97 Å². The Labute approximate surface area is 195 Å². The van der Waals surface area contributed by atoms with Crippen LogP contribution >= 0.6 is 11.3 Å². The smallest absolute Gasteiger partial charge is 0.308 e. The van der Waals surface area contributed by atoms with Gasteiger partial charge in [0, 0.05) is 43.5 Å². The Morgan fingerprint density at radius 3 is 2.55 bits per heavy atom. The lowest BCUT2D eigenvalue weighted by atomic mass is 9.97. The second-order valence-corrected chi connectivity index (χ2v) is 9.67. The summed E-state index contributed by atoms with van der Waals surface area (Å²) in [7, 11) is 0. The van der Waals surface area contributed by atoms with Crippen molar-refractivity contribution in [1.29, 1.82) is 0 Å². The number of H-pyrrole nitrogens is 1. The Balaban J connectivity index is 1.22. The number of thiophene rings is 1. The first-order valence-electron chi connectivity index (χ1n) is 11.3. The van der Waals surface area contributed by atoms with Gasteiger partial charge in [-0.3, -0.25) is 19.3 Å². The first-order valence-corrected chi connectivity index (χ1v) is 12.1. The van der Waals surface area contributed by atoms with Crippen LogP contribution in [0.2, 0.25) is 0 Å². The van der Waals surface area contributed by atoms with E-state index in [1.807, 2.05) is 4.90 Å². The highest BCUT2D eigenvalue weighted by Crippen LogP contribution is 2.33. The minimum atomic E-state index is -0.390. The SMILES string of the molecule is CC(=O)Oc1ccc(C(=O)N2CCN(Cc3nc4sc5c(c4c(=O)[nH]3)CCCC5)CC2)cc1. The van der Waals surface area contributed by atoms with Crippen LogP contribution in [0, 0.1) is 0 Å². The summed E-state index contributed by atoms with van der Waals surface area (Å²) >= 11 is 1.67. The lowest BCUT2D eigenvalue weighted by Crippen LogP contribution is -2.48. The number of benzene rings is 1. The molecule has 2 aliphatic rings. The van der Waals surface area contributed by atoms with Gasteiger partial charge in [0.15, 0.2) is 0 Å². The van der Waals surface area contributed by atoms with E-state index in [9.17, 15) is 14.4 Å². The molecule has 3 aromatic rings. The fourth-order valence-electron chi connectivity index (χ4n) is 4.62. The van der Waals surface area contributed by atoms with Crippen LogP contribution in [0.15, 0.2) is 29.1 Å². The van der Waals surface area contributed by atoms with Crippen LogP contribution < -0.4 is 10.3 Å². The number of hydrogen-bond acceptors (Lipinski definition) is 7. The average molecular weight is 467 g/mol. The molecule has 2 aromatic heterocycles. The first kappa shape index (κ1) is 21.8. The van der Waals surface area contributed by atoms with Crippen LogP contribution in [0.5, 0.6) is 5.75 Å². The van der Waals surface area contributed by atoms with Crippen molar-refractivity contribution >= 4 is 33.4 Å². The molecule has 1 fully saturated rings. The summed E-state index contributed by atoms with van der Waals surface area (Å²) in [5.41, 5.74) is 1.74. The number of carbonyl (C=O) groups excluding carboxylic acids is 2. The number of esters is 1. The Morgan fingerprint density at radius 1 is 1.09 bits per heavy atom. The highest BCUT2D eigenvalue weighted by Gasteiger charge is 2.24. The third-order valence-corrected chi connectivity index (χ3v) is 7.46. The molecule has 5 rings (SSSR count). The van der Waals surface area contributed by atoms with Gasteiger partial charge in [0.25, 0.3) is 11.5 Å². The third kappa shape index (κ3) is 4.56.